The minimum Gasteiger partial charge on any atom is -0.497 e. The summed E-state index contributed by atoms with van der Waals surface area (Å²) in [6.07, 6.45) is 1.59. The summed E-state index contributed by atoms with van der Waals surface area (Å²) >= 11 is 0. The molecule has 4 rings (SSSR count). The van der Waals surface area contributed by atoms with Gasteiger partial charge in [0.15, 0.2) is 11.5 Å². The van der Waals surface area contributed by atoms with E-state index < -0.39 is 0 Å². The van der Waals surface area contributed by atoms with E-state index >= 15 is 0 Å². The molecule has 1 atom stereocenters. The summed E-state index contributed by atoms with van der Waals surface area (Å²) in [6.45, 7) is 1.50. The first-order valence-corrected chi connectivity index (χ1v) is 12.1. The normalized spacial score (nSPS) is 15.1. The van der Waals surface area contributed by atoms with Crippen molar-refractivity contribution in [1.82, 2.24) is 10.2 Å². The van der Waals surface area contributed by atoms with E-state index in [4.69, 9.17) is 18.9 Å². The van der Waals surface area contributed by atoms with E-state index in [1.807, 2.05) is 42.5 Å². The molecule has 0 bridgehead atoms. The third-order valence-electron chi connectivity index (χ3n) is 6.71. The number of benzene rings is 3. The van der Waals surface area contributed by atoms with Gasteiger partial charge in [0.25, 0.3) is 0 Å². The number of hydrogen-bond donors (Lipinski definition) is 1. The molecule has 0 spiro atoms. The number of ether oxygens (including phenoxy) is 4. The Morgan fingerprint density at radius 2 is 1.67 bits per heavy atom. The molecule has 3 aromatic rings. The highest BCUT2D eigenvalue weighted by atomic mass is 16.5. The number of carbonyl (C=O) groups excluding carboxylic acids is 1. The van der Waals surface area contributed by atoms with E-state index in [1.54, 1.807) is 28.4 Å². The first-order chi connectivity index (χ1) is 17.6. The van der Waals surface area contributed by atoms with Crippen molar-refractivity contribution in [2.45, 2.75) is 25.4 Å². The van der Waals surface area contributed by atoms with Crippen molar-refractivity contribution in [3.63, 3.8) is 0 Å². The number of nitrogens with one attached hydrogen (secondary N) is 1. The van der Waals surface area contributed by atoms with Crippen LogP contribution in [0.1, 0.15) is 28.3 Å². The average Bonchev–Trinajstić information content (AvgIpc) is 2.92. The van der Waals surface area contributed by atoms with Crippen molar-refractivity contribution in [3.8, 4) is 23.0 Å². The van der Waals surface area contributed by atoms with Crippen LogP contribution >= 0.6 is 0 Å². The van der Waals surface area contributed by atoms with E-state index in [9.17, 15) is 4.79 Å². The number of fused-ring (bicyclic) bond motifs is 1. The van der Waals surface area contributed by atoms with Crippen LogP contribution < -0.4 is 24.3 Å². The number of carbonyl (C=O) groups is 1. The van der Waals surface area contributed by atoms with Crippen LogP contribution in [-0.4, -0.2) is 52.3 Å². The molecule has 0 saturated carbocycles. The number of para-hydroxylation sites is 1. The van der Waals surface area contributed by atoms with Gasteiger partial charge in [-0.25, -0.2) is 0 Å². The Hall–Kier alpha value is -3.71. The molecule has 1 amide bonds. The summed E-state index contributed by atoms with van der Waals surface area (Å²) in [5.41, 5.74) is 4.53. The zero-order valence-corrected chi connectivity index (χ0v) is 21.4. The number of hydrogen-bond acceptors (Lipinski definition) is 6. The zero-order chi connectivity index (χ0) is 25.5. The lowest BCUT2D eigenvalue weighted by Crippen LogP contribution is -2.43. The fourth-order valence-electron chi connectivity index (χ4n) is 4.81. The van der Waals surface area contributed by atoms with Gasteiger partial charge in [-0.2, -0.15) is 0 Å². The second-order valence-electron chi connectivity index (χ2n) is 8.78. The molecule has 3 aromatic carbocycles. The quantitative estimate of drug-likeness (QED) is 0.460. The molecular weight excluding hydrogens is 456 g/mol. The number of nitrogens with zero attached hydrogens (tertiary/aromatic N) is 1. The van der Waals surface area contributed by atoms with Gasteiger partial charge >= 0.3 is 0 Å². The fraction of sp³-hybridized carbons (Fsp3) is 0.345. The third-order valence-corrected chi connectivity index (χ3v) is 6.71. The maximum atomic E-state index is 13.0. The van der Waals surface area contributed by atoms with E-state index in [1.165, 1.54) is 11.1 Å². The van der Waals surface area contributed by atoms with Crippen LogP contribution in [0.2, 0.25) is 0 Å². The highest BCUT2D eigenvalue weighted by molar-refractivity contribution is 5.78. The van der Waals surface area contributed by atoms with Gasteiger partial charge in [-0.1, -0.05) is 30.3 Å². The Balaban J connectivity index is 1.54. The predicted octanol–water partition coefficient (Wildman–Crippen LogP) is 4.18. The van der Waals surface area contributed by atoms with E-state index in [0.29, 0.717) is 24.6 Å². The molecule has 1 aliphatic heterocycles. The highest BCUT2D eigenvalue weighted by Crippen LogP contribution is 2.36. The summed E-state index contributed by atoms with van der Waals surface area (Å²) in [5, 5.41) is 3.06. The lowest BCUT2D eigenvalue weighted by atomic mass is 9.88. The fourth-order valence-corrected chi connectivity index (χ4v) is 4.81. The molecule has 190 valence electrons. The molecule has 7 nitrogen and oxygen atoms in total. The molecule has 0 fully saturated rings. The van der Waals surface area contributed by atoms with Crippen LogP contribution in [-0.2, 0) is 24.2 Å². The molecule has 0 radical (unpaired) electrons. The Bertz CT molecular complexity index is 1200. The van der Waals surface area contributed by atoms with Crippen LogP contribution in [0.15, 0.2) is 60.7 Å². The summed E-state index contributed by atoms with van der Waals surface area (Å²) in [4.78, 5) is 15.3. The standard InChI is InChI=1S/C29H34N2O5/c1-33-23-10-11-24-21(17-23)13-14-31(19-29(32)30-18-22-7-5-6-8-26(22)34-2)25(24)15-20-9-12-27(35-3)28(16-20)36-4/h5-12,16-17,25H,13-15,18-19H2,1-4H3,(H,30,32). The second-order valence-corrected chi connectivity index (χ2v) is 8.78. The SMILES string of the molecule is COc1ccc2c(c1)CCN(CC(=O)NCc1ccccc1OC)C2Cc1ccc(OC)c(OC)c1. The van der Waals surface area contributed by atoms with Crippen LogP contribution in [0.3, 0.4) is 0 Å². The van der Waals surface area contributed by atoms with Crippen LogP contribution in [0, 0.1) is 0 Å². The van der Waals surface area contributed by atoms with Gasteiger partial charge in [-0.15, -0.1) is 0 Å². The van der Waals surface area contributed by atoms with E-state index in [0.717, 1.165) is 42.0 Å². The average molecular weight is 491 g/mol. The predicted molar refractivity (Wildman–Crippen MR) is 139 cm³/mol. The molecule has 1 heterocycles. The minimum absolute atomic E-state index is 0.0184. The molecule has 1 N–H and O–H groups in total. The maximum absolute atomic E-state index is 13.0. The lowest BCUT2D eigenvalue weighted by Gasteiger charge is -2.37. The summed E-state index contributed by atoms with van der Waals surface area (Å²) < 4.78 is 21.8. The Morgan fingerprint density at radius 3 is 2.42 bits per heavy atom. The second kappa shape index (κ2) is 11.8. The van der Waals surface area contributed by atoms with Crippen molar-refractivity contribution in [2.24, 2.45) is 0 Å². The van der Waals surface area contributed by atoms with Gasteiger partial charge < -0.3 is 24.3 Å². The smallest absolute Gasteiger partial charge is 0.234 e. The van der Waals surface area contributed by atoms with Gasteiger partial charge in [0.2, 0.25) is 5.91 Å². The van der Waals surface area contributed by atoms with Crippen molar-refractivity contribution in [2.75, 3.05) is 41.5 Å². The van der Waals surface area contributed by atoms with Crippen molar-refractivity contribution >= 4 is 5.91 Å². The van der Waals surface area contributed by atoms with Gasteiger partial charge in [0, 0.05) is 24.7 Å². The lowest BCUT2D eigenvalue weighted by molar-refractivity contribution is -0.123. The molecule has 1 aliphatic rings. The molecule has 0 aromatic heterocycles. The zero-order valence-electron chi connectivity index (χ0n) is 21.4. The van der Waals surface area contributed by atoms with Gasteiger partial charge in [-0.05, 0) is 59.9 Å². The molecule has 0 aliphatic carbocycles. The van der Waals surface area contributed by atoms with Crippen LogP contribution in [0.25, 0.3) is 0 Å². The van der Waals surface area contributed by atoms with Crippen molar-refractivity contribution < 1.29 is 23.7 Å². The largest absolute Gasteiger partial charge is 0.497 e. The van der Waals surface area contributed by atoms with Crippen molar-refractivity contribution in [3.05, 3.63) is 82.9 Å². The number of rotatable bonds is 10. The van der Waals surface area contributed by atoms with Crippen molar-refractivity contribution in [1.29, 1.82) is 0 Å². The topological polar surface area (TPSA) is 69.3 Å². The maximum Gasteiger partial charge on any atom is 0.234 e. The number of methoxy groups -OCH3 is 4. The van der Waals surface area contributed by atoms with E-state index in [-0.39, 0.29) is 11.9 Å². The molecular formula is C29H34N2O5. The van der Waals surface area contributed by atoms with Gasteiger partial charge in [0.1, 0.15) is 11.5 Å². The Kier molecular flexibility index (Phi) is 8.33. The Labute approximate surface area is 212 Å². The van der Waals surface area contributed by atoms with Gasteiger partial charge in [0.05, 0.1) is 35.0 Å². The van der Waals surface area contributed by atoms with E-state index in [2.05, 4.69) is 28.4 Å². The molecule has 36 heavy (non-hydrogen) atoms. The third kappa shape index (κ3) is 5.74. The molecule has 0 saturated heterocycles. The first-order valence-electron chi connectivity index (χ1n) is 12.1. The molecule has 1 unspecified atom stereocenters. The van der Waals surface area contributed by atoms with Crippen LogP contribution in [0.5, 0.6) is 23.0 Å². The first kappa shape index (κ1) is 25.4. The Morgan fingerprint density at radius 1 is 0.889 bits per heavy atom. The summed E-state index contributed by atoms with van der Waals surface area (Å²) in [5.74, 6) is 2.99. The summed E-state index contributed by atoms with van der Waals surface area (Å²) in [6, 6.07) is 20.0. The summed E-state index contributed by atoms with van der Waals surface area (Å²) in [7, 11) is 6.60. The minimum atomic E-state index is -0.0184. The highest BCUT2D eigenvalue weighted by Gasteiger charge is 2.29. The van der Waals surface area contributed by atoms with Gasteiger partial charge in [-0.3, -0.25) is 9.69 Å². The van der Waals surface area contributed by atoms with Crippen LogP contribution in [0.4, 0.5) is 0 Å². The monoisotopic (exact) mass is 490 g/mol. The molecule has 7 heteroatoms. The number of amides is 1.